The third-order valence-electron chi connectivity index (χ3n) is 2.50. The summed E-state index contributed by atoms with van der Waals surface area (Å²) in [5.41, 5.74) is -0.745. The van der Waals surface area contributed by atoms with E-state index < -0.39 is 23.2 Å². The van der Waals surface area contributed by atoms with Crippen molar-refractivity contribution >= 4 is 11.9 Å². The van der Waals surface area contributed by atoms with Gasteiger partial charge in [0.15, 0.2) is 0 Å². The third-order valence-corrected chi connectivity index (χ3v) is 2.50. The van der Waals surface area contributed by atoms with Gasteiger partial charge in [-0.05, 0) is 18.6 Å². The molecule has 15 heavy (non-hydrogen) atoms. The molecule has 0 saturated carbocycles. The minimum Gasteiger partial charge on any atom is -0.392 e. The summed E-state index contributed by atoms with van der Waals surface area (Å²) in [5.74, 6) is -1.78. The summed E-state index contributed by atoms with van der Waals surface area (Å²) < 4.78 is 17.4. The summed E-state index contributed by atoms with van der Waals surface area (Å²) in [4.78, 5) is 26.0. The highest BCUT2D eigenvalue weighted by molar-refractivity contribution is 6.00. The molecule has 1 aliphatic heterocycles. The number of hydrogen-bond donors (Lipinski definition) is 0. The van der Waals surface area contributed by atoms with Gasteiger partial charge in [-0.3, -0.25) is 14.6 Å². The molecule has 0 spiro atoms. The lowest BCUT2D eigenvalue weighted by Crippen LogP contribution is -2.27. The number of cyclic esters (lactones) is 2. The zero-order chi connectivity index (χ0) is 11.1. The molecular weight excluding hydrogens is 201 g/mol. The number of hydrogen-bond acceptors (Lipinski definition) is 4. The van der Waals surface area contributed by atoms with Crippen LogP contribution in [0, 0.1) is 5.82 Å². The molecule has 1 aromatic heterocycles. The van der Waals surface area contributed by atoms with Crippen molar-refractivity contribution in [1.82, 2.24) is 4.98 Å². The molecule has 0 aromatic carbocycles. The van der Waals surface area contributed by atoms with Gasteiger partial charge in [0, 0.05) is 6.20 Å². The Hall–Kier alpha value is -1.78. The fraction of sp³-hybridized carbons (Fsp3) is 0.300. The lowest BCUT2D eigenvalue weighted by molar-refractivity contribution is -0.153. The SMILES string of the molecule is CC1(c2cncc(F)c2)CC(=O)OC1=O. The van der Waals surface area contributed by atoms with Crippen LogP contribution in [0.1, 0.15) is 18.9 Å². The third kappa shape index (κ3) is 1.49. The van der Waals surface area contributed by atoms with Crippen LogP contribution in [-0.2, 0) is 19.7 Å². The standard InChI is InChI=1S/C10H8FNO3/c1-10(3-8(13)15-9(10)14)6-2-7(11)5-12-4-6/h2,4-5H,3H2,1H3. The number of ether oxygens (including phenoxy) is 1. The van der Waals surface area contributed by atoms with Gasteiger partial charge in [-0.1, -0.05) is 0 Å². The maximum atomic E-state index is 12.9. The Morgan fingerprint density at radius 2 is 2.20 bits per heavy atom. The van der Waals surface area contributed by atoms with Crippen molar-refractivity contribution in [2.75, 3.05) is 0 Å². The van der Waals surface area contributed by atoms with Crippen molar-refractivity contribution in [3.8, 4) is 0 Å². The first-order chi connectivity index (χ1) is 7.02. The zero-order valence-corrected chi connectivity index (χ0v) is 7.99. The van der Waals surface area contributed by atoms with Gasteiger partial charge in [0.2, 0.25) is 0 Å². The first-order valence-electron chi connectivity index (χ1n) is 4.38. The first kappa shape index (κ1) is 9.76. The quantitative estimate of drug-likeness (QED) is 0.510. The van der Waals surface area contributed by atoms with Crippen molar-refractivity contribution < 1.29 is 18.7 Å². The minimum atomic E-state index is -1.10. The van der Waals surface area contributed by atoms with E-state index in [0.29, 0.717) is 5.56 Å². The highest BCUT2D eigenvalue weighted by atomic mass is 19.1. The van der Waals surface area contributed by atoms with Crippen LogP contribution < -0.4 is 0 Å². The van der Waals surface area contributed by atoms with Gasteiger partial charge in [-0.15, -0.1) is 0 Å². The molecule has 78 valence electrons. The van der Waals surface area contributed by atoms with Crippen molar-refractivity contribution in [3.63, 3.8) is 0 Å². The number of halogens is 1. The second-order valence-electron chi connectivity index (χ2n) is 3.66. The monoisotopic (exact) mass is 209 g/mol. The second kappa shape index (κ2) is 3.12. The molecule has 1 unspecified atom stereocenters. The van der Waals surface area contributed by atoms with Crippen LogP contribution in [0.4, 0.5) is 4.39 Å². The van der Waals surface area contributed by atoms with E-state index in [0.717, 1.165) is 6.20 Å². The summed E-state index contributed by atoms with van der Waals surface area (Å²) in [6, 6.07) is 1.19. The molecule has 2 heterocycles. The Morgan fingerprint density at radius 3 is 2.73 bits per heavy atom. The molecular formula is C10H8FNO3. The van der Waals surface area contributed by atoms with Crippen molar-refractivity contribution in [3.05, 3.63) is 29.8 Å². The Kier molecular flexibility index (Phi) is 2.03. The Labute approximate surface area is 85.1 Å². The van der Waals surface area contributed by atoms with Gasteiger partial charge in [0.25, 0.3) is 0 Å². The van der Waals surface area contributed by atoms with E-state index in [-0.39, 0.29) is 6.42 Å². The highest BCUT2D eigenvalue weighted by Gasteiger charge is 2.46. The zero-order valence-electron chi connectivity index (χ0n) is 7.99. The van der Waals surface area contributed by atoms with E-state index in [2.05, 4.69) is 9.72 Å². The van der Waals surface area contributed by atoms with Crippen molar-refractivity contribution in [2.24, 2.45) is 0 Å². The average molecular weight is 209 g/mol. The molecule has 2 rings (SSSR count). The average Bonchev–Trinajstić information content (AvgIpc) is 2.42. The lowest BCUT2D eigenvalue weighted by atomic mass is 9.82. The Balaban J connectivity index is 2.46. The summed E-state index contributed by atoms with van der Waals surface area (Å²) in [7, 11) is 0. The fourth-order valence-electron chi connectivity index (χ4n) is 1.55. The topological polar surface area (TPSA) is 56.3 Å². The van der Waals surface area contributed by atoms with Crippen LogP contribution in [-0.4, -0.2) is 16.9 Å². The molecule has 1 saturated heterocycles. The van der Waals surface area contributed by atoms with Crippen LogP contribution >= 0.6 is 0 Å². The van der Waals surface area contributed by atoms with Crippen molar-refractivity contribution in [2.45, 2.75) is 18.8 Å². The summed E-state index contributed by atoms with van der Waals surface area (Å²) in [5, 5.41) is 0. The molecule has 1 aliphatic rings. The molecule has 0 amide bonds. The first-order valence-corrected chi connectivity index (χ1v) is 4.38. The Morgan fingerprint density at radius 1 is 1.47 bits per heavy atom. The lowest BCUT2D eigenvalue weighted by Gasteiger charge is -2.17. The summed E-state index contributed by atoms with van der Waals surface area (Å²) in [6.45, 7) is 1.54. The van der Waals surface area contributed by atoms with Crippen molar-refractivity contribution in [1.29, 1.82) is 0 Å². The van der Waals surface area contributed by atoms with Crippen LogP contribution in [0.3, 0.4) is 0 Å². The van der Waals surface area contributed by atoms with Gasteiger partial charge in [0.05, 0.1) is 12.6 Å². The van der Waals surface area contributed by atoms with E-state index in [1.165, 1.54) is 19.2 Å². The minimum absolute atomic E-state index is 0.0725. The van der Waals surface area contributed by atoms with E-state index in [1.54, 1.807) is 0 Å². The molecule has 1 aromatic rings. The molecule has 1 atom stereocenters. The van der Waals surface area contributed by atoms with Gasteiger partial charge in [-0.25, -0.2) is 4.39 Å². The maximum absolute atomic E-state index is 12.9. The number of carbonyl (C=O) groups excluding carboxylic acids is 2. The predicted octanol–water partition coefficient (Wildman–Crippen LogP) is 0.952. The molecule has 0 N–H and O–H groups in total. The van der Waals surface area contributed by atoms with Crippen LogP contribution in [0.25, 0.3) is 0 Å². The largest absolute Gasteiger partial charge is 0.392 e. The van der Waals surface area contributed by atoms with Crippen LogP contribution in [0.15, 0.2) is 18.5 Å². The molecule has 4 nitrogen and oxygen atoms in total. The van der Waals surface area contributed by atoms with Gasteiger partial charge < -0.3 is 4.74 Å². The van der Waals surface area contributed by atoms with E-state index in [9.17, 15) is 14.0 Å². The number of aromatic nitrogens is 1. The van der Waals surface area contributed by atoms with E-state index >= 15 is 0 Å². The highest BCUT2D eigenvalue weighted by Crippen LogP contribution is 2.34. The maximum Gasteiger partial charge on any atom is 0.324 e. The molecule has 0 radical (unpaired) electrons. The smallest absolute Gasteiger partial charge is 0.324 e. The van der Waals surface area contributed by atoms with E-state index in [4.69, 9.17) is 0 Å². The van der Waals surface area contributed by atoms with Gasteiger partial charge in [-0.2, -0.15) is 0 Å². The van der Waals surface area contributed by atoms with Gasteiger partial charge >= 0.3 is 11.9 Å². The number of carbonyl (C=O) groups is 2. The van der Waals surface area contributed by atoms with Crippen LogP contribution in [0.5, 0.6) is 0 Å². The number of esters is 2. The molecule has 0 aliphatic carbocycles. The number of nitrogens with zero attached hydrogens (tertiary/aromatic N) is 1. The summed E-state index contributed by atoms with van der Waals surface area (Å²) >= 11 is 0. The Bertz CT molecular complexity index is 446. The number of pyridine rings is 1. The normalized spacial score (nSPS) is 25.5. The van der Waals surface area contributed by atoms with Crippen LogP contribution in [0.2, 0.25) is 0 Å². The predicted molar refractivity (Wildman–Crippen MR) is 47.3 cm³/mol. The molecule has 1 fully saturated rings. The second-order valence-corrected chi connectivity index (χ2v) is 3.66. The molecule has 0 bridgehead atoms. The fourth-order valence-corrected chi connectivity index (χ4v) is 1.55. The molecule has 5 heteroatoms. The van der Waals surface area contributed by atoms with Gasteiger partial charge in [0.1, 0.15) is 11.2 Å². The number of rotatable bonds is 1. The summed E-state index contributed by atoms with van der Waals surface area (Å²) in [6.07, 6.45) is 2.33. The van der Waals surface area contributed by atoms with E-state index in [1.807, 2.05) is 0 Å².